The van der Waals surface area contributed by atoms with Crippen LogP contribution < -0.4 is 0 Å². The van der Waals surface area contributed by atoms with Gasteiger partial charge in [-0.1, -0.05) is 12.1 Å². The van der Waals surface area contributed by atoms with Crippen LogP contribution in [0.3, 0.4) is 0 Å². The highest BCUT2D eigenvalue weighted by atomic mass is 19.1. The molecule has 0 saturated heterocycles. The van der Waals surface area contributed by atoms with E-state index < -0.39 is 12.0 Å². The van der Waals surface area contributed by atoms with Gasteiger partial charge in [-0.3, -0.25) is 0 Å². The molecule has 2 aromatic rings. The Bertz CT molecular complexity index is 552. The Morgan fingerprint density at radius 2 is 2.11 bits per heavy atom. The highest BCUT2D eigenvalue weighted by Crippen LogP contribution is 2.11. The van der Waals surface area contributed by atoms with Crippen LogP contribution in [0.4, 0.5) is 4.39 Å². The molecule has 1 aromatic heterocycles. The van der Waals surface area contributed by atoms with E-state index in [1.165, 1.54) is 23.7 Å². The molecule has 0 saturated carbocycles. The van der Waals surface area contributed by atoms with Crippen LogP contribution in [0.1, 0.15) is 24.4 Å². The molecule has 7 heteroatoms. The molecule has 0 fully saturated rings. The first kappa shape index (κ1) is 12.2. The van der Waals surface area contributed by atoms with Crippen molar-refractivity contribution < 1.29 is 14.3 Å². The van der Waals surface area contributed by atoms with Gasteiger partial charge in [-0.15, -0.1) is 5.10 Å². The zero-order chi connectivity index (χ0) is 13.1. The topological polar surface area (TPSA) is 80.9 Å². The second-order valence-electron chi connectivity index (χ2n) is 3.86. The maximum absolute atomic E-state index is 12.8. The summed E-state index contributed by atoms with van der Waals surface area (Å²) in [5.74, 6) is -0.906. The van der Waals surface area contributed by atoms with Crippen molar-refractivity contribution in [2.24, 2.45) is 0 Å². The Kier molecular flexibility index (Phi) is 3.31. The second kappa shape index (κ2) is 4.91. The van der Waals surface area contributed by atoms with E-state index in [2.05, 4.69) is 15.5 Å². The fourth-order valence-electron chi connectivity index (χ4n) is 1.52. The Labute approximate surface area is 102 Å². The number of tetrazole rings is 1. The molecule has 0 aliphatic heterocycles. The lowest BCUT2D eigenvalue weighted by Gasteiger charge is -2.08. The molecular formula is C11H11FN4O2. The van der Waals surface area contributed by atoms with Crippen molar-refractivity contribution >= 4 is 5.97 Å². The predicted octanol–water partition coefficient (Wildman–Crippen LogP) is 1.05. The highest BCUT2D eigenvalue weighted by molar-refractivity contribution is 5.71. The van der Waals surface area contributed by atoms with Crippen molar-refractivity contribution in [2.75, 3.05) is 0 Å². The number of hydrogen-bond acceptors (Lipinski definition) is 4. The van der Waals surface area contributed by atoms with E-state index in [1.807, 2.05) is 0 Å². The Morgan fingerprint density at radius 1 is 1.44 bits per heavy atom. The van der Waals surface area contributed by atoms with Crippen LogP contribution in [0.25, 0.3) is 0 Å². The van der Waals surface area contributed by atoms with E-state index >= 15 is 0 Å². The Morgan fingerprint density at radius 3 is 2.72 bits per heavy atom. The van der Waals surface area contributed by atoms with Crippen LogP contribution in [0.2, 0.25) is 0 Å². The number of hydrogen-bond donors (Lipinski definition) is 1. The third-order valence-corrected chi connectivity index (χ3v) is 2.56. The third kappa shape index (κ3) is 2.50. The summed E-state index contributed by atoms with van der Waals surface area (Å²) in [4.78, 5) is 10.9. The monoisotopic (exact) mass is 250 g/mol. The van der Waals surface area contributed by atoms with E-state index in [9.17, 15) is 9.18 Å². The molecule has 1 atom stereocenters. The molecule has 6 nitrogen and oxygen atoms in total. The Hall–Kier alpha value is -2.31. The van der Waals surface area contributed by atoms with Gasteiger partial charge in [-0.05, 0) is 35.0 Å². The zero-order valence-corrected chi connectivity index (χ0v) is 9.62. The first-order chi connectivity index (χ1) is 8.58. The smallest absolute Gasteiger partial charge is 0.328 e. The molecule has 1 heterocycles. The van der Waals surface area contributed by atoms with E-state index in [4.69, 9.17) is 5.11 Å². The average Bonchev–Trinajstić information content (AvgIpc) is 2.79. The van der Waals surface area contributed by atoms with Gasteiger partial charge >= 0.3 is 5.97 Å². The average molecular weight is 250 g/mol. The molecule has 0 spiro atoms. The molecule has 1 unspecified atom stereocenters. The van der Waals surface area contributed by atoms with Gasteiger partial charge in [0.05, 0.1) is 0 Å². The van der Waals surface area contributed by atoms with Gasteiger partial charge in [-0.2, -0.15) is 0 Å². The molecule has 94 valence electrons. The molecule has 1 N–H and O–H groups in total. The van der Waals surface area contributed by atoms with E-state index in [0.29, 0.717) is 12.2 Å². The van der Waals surface area contributed by atoms with Gasteiger partial charge in [0.2, 0.25) is 0 Å². The number of rotatable bonds is 4. The second-order valence-corrected chi connectivity index (χ2v) is 3.86. The van der Waals surface area contributed by atoms with Crippen molar-refractivity contribution in [3.05, 3.63) is 41.5 Å². The minimum absolute atomic E-state index is 0.322. The van der Waals surface area contributed by atoms with Crippen molar-refractivity contribution in [2.45, 2.75) is 19.4 Å². The van der Waals surface area contributed by atoms with Crippen LogP contribution in [0.5, 0.6) is 0 Å². The number of aliphatic carboxylic acids is 1. The van der Waals surface area contributed by atoms with Crippen LogP contribution >= 0.6 is 0 Å². The molecule has 0 aliphatic carbocycles. The van der Waals surface area contributed by atoms with E-state index in [0.717, 1.165) is 5.56 Å². The molecular weight excluding hydrogens is 239 g/mol. The first-order valence-corrected chi connectivity index (χ1v) is 5.32. The summed E-state index contributed by atoms with van der Waals surface area (Å²) in [6, 6.07) is 5.06. The number of halogens is 1. The lowest BCUT2D eigenvalue weighted by atomic mass is 10.1. The van der Waals surface area contributed by atoms with Crippen molar-refractivity contribution in [1.29, 1.82) is 0 Å². The summed E-state index contributed by atoms with van der Waals surface area (Å²) in [6.45, 7) is 1.49. The fraction of sp³-hybridized carbons (Fsp3) is 0.273. The summed E-state index contributed by atoms with van der Waals surface area (Å²) in [7, 11) is 0. The predicted molar refractivity (Wildman–Crippen MR) is 59.4 cm³/mol. The Balaban J connectivity index is 2.22. The van der Waals surface area contributed by atoms with Crippen LogP contribution in [0, 0.1) is 5.82 Å². The normalized spacial score (nSPS) is 12.3. The van der Waals surface area contributed by atoms with Crippen LogP contribution in [0.15, 0.2) is 24.3 Å². The molecule has 18 heavy (non-hydrogen) atoms. The number of carbonyl (C=O) groups is 1. The van der Waals surface area contributed by atoms with Crippen molar-refractivity contribution in [3.63, 3.8) is 0 Å². The van der Waals surface area contributed by atoms with Crippen molar-refractivity contribution in [1.82, 2.24) is 20.2 Å². The molecule has 0 amide bonds. The summed E-state index contributed by atoms with van der Waals surface area (Å²) in [5, 5.41) is 19.8. The largest absolute Gasteiger partial charge is 0.480 e. The maximum Gasteiger partial charge on any atom is 0.328 e. The van der Waals surface area contributed by atoms with Gasteiger partial charge < -0.3 is 5.11 Å². The first-order valence-electron chi connectivity index (χ1n) is 5.32. The summed E-state index contributed by atoms with van der Waals surface area (Å²) >= 11 is 0. The van der Waals surface area contributed by atoms with Gasteiger partial charge in [0.1, 0.15) is 11.9 Å². The van der Waals surface area contributed by atoms with Gasteiger partial charge in [-0.25, -0.2) is 13.9 Å². The van der Waals surface area contributed by atoms with Crippen molar-refractivity contribution in [3.8, 4) is 0 Å². The molecule has 2 rings (SSSR count). The van der Waals surface area contributed by atoms with Gasteiger partial charge in [0, 0.05) is 6.42 Å². The molecule has 0 radical (unpaired) electrons. The summed E-state index contributed by atoms with van der Waals surface area (Å²) in [6.07, 6.45) is 0.352. The maximum atomic E-state index is 12.8. The SMILES string of the molecule is CC(C(=O)O)n1nnnc1Cc1ccc(F)cc1. The number of carboxylic acids is 1. The standard InChI is InChI=1S/C11H11FN4O2/c1-7(11(17)18)16-10(13-14-15-16)6-8-2-4-9(12)5-3-8/h2-5,7H,6H2,1H3,(H,17,18). The van der Waals surface area contributed by atoms with E-state index in [-0.39, 0.29) is 5.82 Å². The number of carboxylic acid groups (broad SMARTS) is 1. The third-order valence-electron chi connectivity index (χ3n) is 2.56. The van der Waals surface area contributed by atoms with Crippen LogP contribution in [-0.4, -0.2) is 31.3 Å². The zero-order valence-electron chi connectivity index (χ0n) is 9.62. The minimum atomic E-state index is -1.01. The molecule has 0 bridgehead atoms. The van der Waals surface area contributed by atoms with Gasteiger partial charge in [0.25, 0.3) is 0 Å². The number of benzene rings is 1. The molecule has 1 aromatic carbocycles. The molecule has 0 aliphatic rings. The highest BCUT2D eigenvalue weighted by Gasteiger charge is 2.19. The lowest BCUT2D eigenvalue weighted by Crippen LogP contribution is -2.19. The van der Waals surface area contributed by atoms with Gasteiger partial charge in [0.15, 0.2) is 5.82 Å². The minimum Gasteiger partial charge on any atom is -0.480 e. The lowest BCUT2D eigenvalue weighted by molar-refractivity contribution is -0.140. The number of nitrogens with zero attached hydrogens (tertiary/aromatic N) is 4. The quantitative estimate of drug-likeness (QED) is 0.877. The number of aromatic nitrogens is 4. The van der Waals surface area contributed by atoms with E-state index in [1.54, 1.807) is 12.1 Å². The summed E-state index contributed by atoms with van der Waals surface area (Å²) < 4.78 is 14.0. The van der Waals surface area contributed by atoms with Crippen LogP contribution in [-0.2, 0) is 11.2 Å². The fourth-order valence-corrected chi connectivity index (χ4v) is 1.52. The summed E-state index contributed by atoms with van der Waals surface area (Å²) in [5.41, 5.74) is 0.810.